The predicted octanol–water partition coefficient (Wildman–Crippen LogP) is 1.77. The smallest absolute Gasteiger partial charge is 0.209 e. The molecule has 1 aliphatic heterocycles. The highest BCUT2D eigenvalue weighted by molar-refractivity contribution is 7.88. The van der Waals surface area contributed by atoms with Gasteiger partial charge in [-0.15, -0.1) is 11.3 Å². The van der Waals surface area contributed by atoms with Gasteiger partial charge in [-0.3, -0.25) is 9.89 Å². The number of thiophene rings is 1. The Bertz CT molecular complexity index is 695. The van der Waals surface area contributed by atoms with Gasteiger partial charge in [0.05, 0.1) is 18.8 Å². The van der Waals surface area contributed by atoms with Gasteiger partial charge < -0.3 is 10.6 Å². The second-order valence-electron chi connectivity index (χ2n) is 7.61. The van der Waals surface area contributed by atoms with Crippen molar-refractivity contribution in [3.05, 3.63) is 22.4 Å². The normalized spacial score (nSPS) is 17.9. The van der Waals surface area contributed by atoms with Crippen molar-refractivity contribution in [3.8, 4) is 0 Å². The van der Waals surface area contributed by atoms with E-state index in [9.17, 15) is 8.42 Å². The summed E-state index contributed by atoms with van der Waals surface area (Å²) in [6.45, 7) is 9.81. The lowest BCUT2D eigenvalue weighted by atomic mass is 10.1. The van der Waals surface area contributed by atoms with Gasteiger partial charge in [0.1, 0.15) is 0 Å². The molecule has 1 unspecified atom stereocenters. The van der Waals surface area contributed by atoms with E-state index >= 15 is 0 Å². The zero-order chi connectivity index (χ0) is 19.9. The molecule has 0 saturated carbocycles. The minimum absolute atomic E-state index is 0.332. The minimum Gasteiger partial charge on any atom is -0.357 e. The number of guanidine groups is 1. The maximum atomic E-state index is 11.5. The quantitative estimate of drug-likeness (QED) is 0.423. The van der Waals surface area contributed by atoms with Crippen LogP contribution >= 0.6 is 11.3 Å². The fourth-order valence-corrected chi connectivity index (χ4v) is 5.22. The van der Waals surface area contributed by atoms with E-state index < -0.39 is 15.6 Å². The standard InChI is InChI=1S/C18H33N5O2S2/c1-5-19-17(21-14-18(2,3)22-27(4,24)25)20-13-15(16-9-8-12-26-16)23-10-6-7-11-23/h8-9,12,15,22H,5-7,10-11,13-14H2,1-4H3,(H2,19,20,21). The maximum absolute atomic E-state index is 11.5. The number of sulfonamides is 1. The Labute approximate surface area is 167 Å². The number of likely N-dealkylation sites (tertiary alicyclic amines) is 1. The molecular weight excluding hydrogens is 382 g/mol. The van der Waals surface area contributed by atoms with E-state index in [1.54, 1.807) is 11.3 Å². The third-order valence-corrected chi connectivity index (χ3v) is 6.25. The summed E-state index contributed by atoms with van der Waals surface area (Å²) in [5, 5.41) is 8.83. The largest absolute Gasteiger partial charge is 0.357 e. The van der Waals surface area contributed by atoms with Gasteiger partial charge in [-0.2, -0.15) is 0 Å². The molecule has 0 bridgehead atoms. The van der Waals surface area contributed by atoms with Crippen LogP contribution in [0.2, 0.25) is 0 Å². The predicted molar refractivity (Wildman–Crippen MR) is 114 cm³/mol. The number of nitrogens with zero attached hydrogens (tertiary/aromatic N) is 2. The first-order valence-electron chi connectivity index (χ1n) is 9.49. The first kappa shape index (κ1) is 22.1. The van der Waals surface area contributed by atoms with Crippen LogP contribution in [0.1, 0.15) is 44.5 Å². The molecule has 3 N–H and O–H groups in total. The lowest BCUT2D eigenvalue weighted by Crippen LogP contribution is -2.47. The van der Waals surface area contributed by atoms with Crippen LogP contribution in [0.3, 0.4) is 0 Å². The van der Waals surface area contributed by atoms with Crippen molar-refractivity contribution >= 4 is 27.3 Å². The zero-order valence-corrected chi connectivity index (χ0v) is 18.4. The summed E-state index contributed by atoms with van der Waals surface area (Å²) >= 11 is 1.79. The number of rotatable bonds is 9. The second-order valence-corrected chi connectivity index (χ2v) is 10.3. The molecule has 0 amide bonds. The van der Waals surface area contributed by atoms with Gasteiger partial charge in [0.25, 0.3) is 0 Å². The van der Waals surface area contributed by atoms with Gasteiger partial charge in [-0.25, -0.2) is 13.1 Å². The van der Waals surface area contributed by atoms with E-state index in [1.807, 2.05) is 20.8 Å². The van der Waals surface area contributed by atoms with Crippen LogP contribution < -0.4 is 15.4 Å². The lowest BCUT2D eigenvalue weighted by Gasteiger charge is -2.28. The molecule has 27 heavy (non-hydrogen) atoms. The Balaban J connectivity index is 2.03. The zero-order valence-electron chi connectivity index (χ0n) is 16.8. The molecule has 1 aromatic heterocycles. The molecule has 2 rings (SSSR count). The highest BCUT2D eigenvalue weighted by Gasteiger charge is 2.25. The second kappa shape index (κ2) is 9.86. The van der Waals surface area contributed by atoms with Crippen molar-refractivity contribution in [2.45, 2.75) is 45.2 Å². The van der Waals surface area contributed by atoms with Crippen molar-refractivity contribution in [1.29, 1.82) is 0 Å². The molecule has 154 valence electrons. The summed E-state index contributed by atoms with van der Waals surface area (Å²) in [7, 11) is -3.27. The van der Waals surface area contributed by atoms with Gasteiger partial charge in [-0.05, 0) is 58.1 Å². The highest BCUT2D eigenvalue weighted by atomic mass is 32.2. The molecule has 1 atom stereocenters. The van der Waals surface area contributed by atoms with Crippen LogP contribution in [-0.2, 0) is 10.0 Å². The summed E-state index contributed by atoms with van der Waals surface area (Å²) in [4.78, 5) is 8.49. The fraction of sp³-hybridized carbons (Fsp3) is 0.722. The lowest BCUT2D eigenvalue weighted by molar-refractivity contribution is 0.249. The van der Waals surface area contributed by atoms with E-state index in [2.05, 4.69) is 42.8 Å². The first-order chi connectivity index (χ1) is 12.7. The van der Waals surface area contributed by atoms with Crippen LogP contribution in [0.4, 0.5) is 0 Å². The van der Waals surface area contributed by atoms with Gasteiger partial charge >= 0.3 is 0 Å². The number of aliphatic imine (C=N–C) groups is 1. The minimum atomic E-state index is -3.27. The number of hydrogen-bond acceptors (Lipinski definition) is 5. The molecule has 7 nitrogen and oxygen atoms in total. The summed E-state index contributed by atoms with van der Waals surface area (Å²) < 4.78 is 25.7. The fourth-order valence-electron chi connectivity index (χ4n) is 3.29. The number of hydrogen-bond donors (Lipinski definition) is 3. The summed E-state index contributed by atoms with van der Waals surface area (Å²) in [5.41, 5.74) is -0.641. The maximum Gasteiger partial charge on any atom is 0.209 e. The summed E-state index contributed by atoms with van der Waals surface area (Å²) in [6, 6.07) is 4.62. The van der Waals surface area contributed by atoms with E-state index in [-0.39, 0.29) is 0 Å². The first-order valence-corrected chi connectivity index (χ1v) is 12.3. The molecule has 1 fully saturated rings. The van der Waals surface area contributed by atoms with Gasteiger partial charge in [-0.1, -0.05) is 6.07 Å². The topological polar surface area (TPSA) is 85.8 Å². The molecule has 0 aromatic carbocycles. The van der Waals surface area contributed by atoms with Crippen molar-refractivity contribution in [2.75, 3.05) is 39.0 Å². The summed E-state index contributed by atoms with van der Waals surface area (Å²) in [6.07, 6.45) is 3.67. The van der Waals surface area contributed by atoms with Crippen molar-refractivity contribution in [2.24, 2.45) is 4.99 Å². The van der Waals surface area contributed by atoms with Crippen LogP contribution in [0, 0.1) is 0 Å². The average Bonchev–Trinajstić information content (AvgIpc) is 3.24. The molecular formula is C18H33N5O2S2. The van der Waals surface area contributed by atoms with Crippen molar-refractivity contribution < 1.29 is 8.42 Å². The van der Waals surface area contributed by atoms with Crippen LogP contribution in [0.25, 0.3) is 0 Å². The van der Waals surface area contributed by atoms with Gasteiger partial charge in [0.15, 0.2) is 5.96 Å². The van der Waals surface area contributed by atoms with Gasteiger partial charge in [0, 0.05) is 23.5 Å². The Morgan fingerprint density at radius 3 is 2.59 bits per heavy atom. The molecule has 2 heterocycles. The number of nitrogens with one attached hydrogen (secondary N) is 3. The third-order valence-electron chi connectivity index (χ3n) is 4.35. The molecule has 0 radical (unpaired) electrons. The highest BCUT2D eigenvalue weighted by Crippen LogP contribution is 2.27. The van der Waals surface area contributed by atoms with Crippen LogP contribution in [-0.4, -0.2) is 63.8 Å². The van der Waals surface area contributed by atoms with E-state index in [0.717, 1.165) is 26.2 Å². The van der Waals surface area contributed by atoms with Crippen LogP contribution in [0.5, 0.6) is 0 Å². The Morgan fingerprint density at radius 1 is 1.33 bits per heavy atom. The molecule has 1 aliphatic rings. The van der Waals surface area contributed by atoms with E-state index in [1.165, 1.54) is 24.0 Å². The van der Waals surface area contributed by atoms with Gasteiger partial charge in [0.2, 0.25) is 10.0 Å². The third kappa shape index (κ3) is 7.77. The summed E-state index contributed by atoms with van der Waals surface area (Å²) in [5.74, 6) is 0.710. The molecule has 0 spiro atoms. The van der Waals surface area contributed by atoms with Crippen LogP contribution in [0.15, 0.2) is 22.5 Å². The molecule has 1 aromatic rings. The molecule has 1 saturated heterocycles. The molecule has 9 heteroatoms. The Kier molecular flexibility index (Phi) is 8.08. The monoisotopic (exact) mass is 415 g/mol. The molecule has 0 aliphatic carbocycles. The van der Waals surface area contributed by atoms with E-state index in [4.69, 9.17) is 0 Å². The van der Waals surface area contributed by atoms with Crippen molar-refractivity contribution in [1.82, 2.24) is 20.3 Å². The average molecular weight is 416 g/mol. The SMILES string of the molecule is CCNC(=NCC(C)(C)NS(C)(=O)=O)NCC(c1cccs1)N1CCCC1. The Hall–Kier alpha value is -1.16. The Morgan fingerprint density at radius 2 is 2.04 bits per heavy atom. The van der Waals surface area contributed by atoms with Crippen molar-refractivity contribution in [3.63, 3.8) is 0 Å². The van der Waals surface area contributed by atoms with E-state index in [0.29, 0.717) is 18.5 Å².